The standard InChI is InChI=1S/C20H22N2O4S/c1-14-12-17-6-4-5-7-19(17)22(14)20(24)13-21(3)27(25,26)18-10-8-16(9-11-18)15(2)23/h4-11,14H,12-13H2,1-3H3. The molecule has 0 fully saturated rings. The first-order chi connectivity index (χ1) is 12.7. The highest BCUT2D eigenvalue weighted by Crippen LogP contribution is 2.32. The largest absolute Gasteiger partial charge is 0.308 e. The van der Waals surface area contributed by atoms with Gasteiger partial charge in [-0.25, -0.2) is 8.42 Å². The first kappa shape index (κ1) is 19.3. The Morgan fingerprint density at radius 3 is 2.37 bits per heavy atom. The number of rotatable bonds is 5. The molecule has 7 heteroatoms. The summed E-state index contributed by atoms with van der Waals surface area (Å²) in [6, 6.07) is 13.4. The van der Waals surface area contributed by atoms with Crippen LogP contribution in [0.3, 0.4) is 0 Å². The zero-order valence-corrected chi connectivity index (χ0v) is 16.4. The lowest BCUT2D eigenvalue weighted by atomic mass is 10.1. The van der Waals surface area contributed by atoms with Crippen LogP contribution >= 0.6 is 0 Å². The third kappa shape index (κ3) is 3.65. The van der Waals surface area contributed by atoms with Gasteiger partial charge in [-0.3, -0.25) is 9.59 Å². The molecule has 0 N–H and O–H groups in total. The van der Waals surface area contributed by atoms with E-state index in [0.29, 0.717) is 5.56 Å². The average Bonchev–Trinajstić information content (AvgIpc) is 2.97. The smallest absolute Gasteiger partial charge is 0.243 e. The summed E-state index contributed by atoms with van der Waals surface area (Å²) in [5.41, 5.74) is 2.37. The van der Waals surface area contributed by atoms with Gasteiger partial charge in [-0.05, 0) is 44.0 Å². The average molecular weight is 386 g/mol. The molecule has 1 heterocycles. The number of sulfonamides is 1. The Balaban J connectivity index is 1.79. The van der Waals surface area contributed by atoms with Crippen LogP contribution < -0.4 is 4.90 Å². The lowest BCUT2D eigenvalue weighted by molar-refractivity contribution is -0.118. The second-order valence-corrected chi connectivity index (χ2v) is 8.83. The Morgan fingerprint density at radius 2 is 1.74 bits per heavy atom. The molecule has 0 aromatic heterocycles. The lowest BCUT2D eigenvalue weighted by Crippen LogP contribution is -2.43. The molecule has 0 aliphatic carbocycles. The SMILES string of the molecule is CC(=O)c1ccc(S(=O)(=O)N(C)CC(=O)N2c3ccccc3CC2C)cc1. The second kappa shape index (κ2) is 7.25. The van der Waals surface area contributed by atoms with E-state index in [1.807, 2.05) is 31.2 Å². The first-order valence-corrected chi connectivity index (χ1v) is 10.1. The van der Waals surface area contributed by atoms with E-state index in [1.165, 1.54) is 38.2 Å². The molecule has 1 amide bonds. The van der Waals surface area contributed by atoms with Gasteiger partial charge in [-0.2, -0.15) is 4.31 Å². The monoisotopic (exact) mass is 386 g/mol. The molecule has 2 aromatic rings. The van der Waals surface area contributed by atoms with Crippen LogP contribution in [0.4, 0.5) is 5.69 Å². The third-order valence-corrected chi connectivity index (χ3v) is 6.62. The number of carbonyl (C=O) groups excluding carboxylic acids is 2. The number of ketones is 1. The summed E-state index contributed by atoms with van der Waals surface area (Å²) in [5.74, 6) is -0.400. The highest BCUT2D eigenvalue weighted by molar-refractivity contribution is 7.89. The predicted molar refractivity (Wildman–Crippen MR) is 103 cm³/mol. The summed E-state index contributed by atoms with van der Waals surface area (Å²) in [6.07, 6.45) is 0.755. The van der Waals surface area contributed by atoms with Gasteiger partial charge in [0.1, 0.15) is 0 Å². The number of benzene rings is 2. The van der Waals surface area contributed by atoms with E-state index >= 15 is 0 Å². The molecule has 6 nitrogen and oxygen atoms in total. The van der Waals surface area contributed by atoms with Crippen molar-refractivity contribution in [3.05, 3.63) is 59.7 Å². The number of para-hydroxylation sites is 1. The van der Waals surface area contributed by atoms with Crippen molar-refractivity contribution in [1.82, 2.24) is 4.31 Å². The number of anilines is 1. The number of fused-ring (bicyclic) bond motifs is 1. The fourth-order valence-electron chi connectivity index (χ4n) is 3.34. The maximum atomic E-state index is 12.8. The highest BCUT2D eigenvalue weighted by Gasteiger charge is 2.33. The van der Waals surface area contributed by atoms with Gasteiger partial charge in [-0.1, -0.05) is 30.3 Å². The minimum atomic E-state index is -3.83. The fraction of sp³-hybridized carbons (Fsp3) is 0.300. The van der Waals surface area contributed by atoms with Crippen molar-refractivity contribution in [2.75, 3.05) is 18.5 Å². The quantitative estimate of drug-likeness (QED) is 0.740. The topological polar surface area (TPSA) is 74.8 Å². The van der Waals surface area contributed by atoms with Crippen molar-refractivity contribution in [3.63, 3.8) is 0 Å². The Bertz CT molecular complexity index is 983. The number of hydrogen-bond donors (Lipinski definition) is 0. The van der Waals surface area contributed by atoms with Gasteiger partial charge in [-0.15, -0.1) is 0 Å². The van der Waals surface area contributed by atoms with Crippen molar-refractivity contribution in [2.45, 2.75) is 31.2 Å². The van der Waals surface area contributed by atoms with Crippen LogP contribution in [0.25, 0.3) is 0 Å². The Hall–Kier alpha value is -2.51. The van der Waals surface area contributed by atoms with E-state index in [2.05, 4.69) is 0 Å². The molecule has 0 spiro atoms. The fourth-order valence-corrected chi connectivity index (χ4v) is 4.46. The number of hydrogen-bond acceptors (Lipinski definition) is 4. The van der Waals surface area contributed by atoms with Gasteiger partial charge in [0, 0.05) is 24.3 Å². The molecule has 0 saturated heterocycles. The third-order valence-electron chi connectivity index (χ3n) is 4.80. The van der Waals surface area contributed by atoms with Crippen LogP contribution in [0.15, 0.2) is 53.4 Å². The molecule has 1 unspecified atom stereocenters. The molecule has 1 aliphatic heterocycles. The second-order valence-electron chi connectivity index (χ2n) is 6.79. The number of likely N-dealkylation sites (N-methyl/N-ethyl adjacent to an activating group) is 1. The minimum absolute atomic E-state index is 0.0131. The van der Waals surface area contributed by atoms with Crippen LogP contribution in [0, 0.1) is 0 Å². The van der Waals surface area contributed by atoms with Gasteiger partial charge < -0.3 is 4.90 Å². The number of carbonyl (C=O) groups is 2. The van der Waals surface area contributed by atoms with Crippen molar-refractivity contribution in [3.8, 4) is 0 Å². The maximum Gasteiger partial charge on any atom is 0.243 e. The zero-order chi connectivity index (χ0) is 19.8. The van der Waals surface area contributed by atoms with Gasteiger partial charge >= 0.3 is 0 Å². The van der Waals surface area contributed by atoms with E-state index < -0.39 is 10.0 Å². The summed E-state index contributed by atoms with van der Waals surface area (Å²) in [7, 11) is -2.44. The van der Waals surface area contributed by atoms with Crippen molar-refractivity contribution < 1.29 is 18.0 Å². The van der Waals surface area contributed by atoms with E-state index in [4.69, 9.17) is 0 Å². The minimum Gasteiger partial charge on any atom is -0.308 e. The Morgan fingerprint density at radius 1 is 1.11 bits per heavy atom. The van der Waals surface area contributed by atoms with E-state index in [1.54, 1.807) is 4.90 Å². The van der Waals surface area contributed by atoms with Gasteiger partial charge in [0.2, 0.25) is 15.9 Å². The molecule has 0 radical (unpaired) electrons. The normalized spacial score (nSPS) is 16.4. The van der Waals surface area contributed by atoms with Gasteiger partial charge in [0.25, 0.3) is 0 Å². The van der Waals surface area contributed by atoms with E-state index in [9.17, 15) is 18.0 Å². The summed E-state index contributed by atoms with van der Waals surface area (Å²) in [4.78, 5) is 25.9. The summed E-state index contributed by atoms with van der Waals surface area (Å²) in [5, 5.41) is 0. The van der Waals surface area contributed by atoms with Crippen LogP contribution in [0.2, 0.25) is 0 Å². The van der Waals surface area contributed by atoms with Crippen LogP contribution in [0.1, 0.15) is 29.8 Å². The Labute approximate surface area is 159 Å². The lowest BCUT2D eigenvalue weighted by Gasteiger charge is -2.25. The van der Waals surface area contributed by atoms with Crippen molar-refractivity contribution in [1.29, 1.82) is 0 Å². The number of nitrogens with zero attached hydrogens (tertiary/aromatic N) is 2. The first-order valence-electron chi connectivity index (χ1n) is 8.69. The van der Waals surface area contributed by atoms with Crippen LogP contribution in [0.5, 0.6) is 0 Å². The molecule has 0 saturated carbocycles. The van der Waals surface area contributed by atoms with Gasteiger partial charge in [0.05, 0.1) is 11.4 Å². The van der Waals surface area contributed by atoms with Crippen molar-refractivity contribution >= 4 is 27.4 Å². The molecule has 27 heavy (non-hydrogen) atoms. The molecule has 142 valence electrons. The number of amides is 1. The molecule has 1 aliphatic rings. The molecular weight excluding hydrogens is 364 g/mol. The summed E-state index contributed by atoms with van der Waals surface area (Å²) >= 11 is 0. The van der Waals surface area contributed by atoms with Gasteiger partial charge in [0.15, 0.2) is 5.78 Å². The van der Waals surface area contributed by atoms with Crippen LogP contribution in [-0.4, -0.2) is 44.0 Å². The molecule has 2 aromatic carbocycles. The molecule has 0 bridgehead atoms. The summed E-state index contributed by atoms with van der Waals surface area (Å²) in [6.45, 7) is 3.12. The molecule has 3 rings (SSSR count). The van der Waals surface area contributed by atoms with Crippen molar-refractivity contribution in [2.24, 2.45) is 0 Å². The molecular formula is C20H22N2O4S. The molecule has 1 atom stereocenters. The summed E-state index contributed by atoms with van der Waals surface area (Å²) < 4.78 is 26.6. The number of Topliss-reactive ketones (excluding diaryl/α,β-unsaturated/α-hetero) is 1. The van der Waals surface area contributed by atoms with Crippen LogP contribution in [-0.2, 0) is 21.2 Å². The van der Waals surface area contributed by atoms with E-state index in [-0.39, 0.29) is 29.2 Å². The maximum absolute atomic E-state index is 12.8. The van der Waals surface area contributed by atoms with E-state index in [0.717, 1.165) is 22.0 Å². The zero-order valence-electron chi connectivity index (χ0n) is 15.5. The predicted octanol–water partition coefficient (Wildman–Crippen LogP) is 2.49. The highest BCUT2D eigenvalue weighted by atomic mass is 32.2. The Kier molecular flexibility index (Phi) is 5.17.